The van der Waals surface area contributed by atoms with Gasteiger partial charge in [0.25, 0.3) is 6.33 Å². The number of nitrogens with two attached hydrogens (primary N) is 2. The molecule has 2 heterocycles. The summed E-state index contributed by atoms with van der Waals surface area (Å²) in [6.07, 6.45) is 2.17. The van der Waals surface area contributed by atoms with Gasteiger partial charge in [-0.3, -0.25) is 19.5 Å². The Hall–Kier alpha value is -2.92. The fraction of sp³-hybridized carbons (Fsp3) is 0.333. The van der Waals surface area contributed by atoms with Crippen LogP contribution in [0.4, 0.5) is 5.69 Å². The molecule has 10 heteroatoms. The van der Waals surface area contributed by atoms with Gasteiger partial charge in [0.15, 0.2) is 11.4 Å². The number of hydrazine groups is 1. The number of para-hydroxylation sites is 2. The van der Waals surface area contributed by atoms with Gasteiger partial charge in [0.2, 0.25) is 12.4 Å². The fourth-order valence-electron chi connectivity index (χ4n) is 3.22. The minimum Gasteiger partial charge on any atom is -0.401 e. The number of amides is 1. The number of fused-ring (bicyclic) bond motifs is 3. The lowest BCUT2D eigenvalue weighted by Crippen LogP contribution is -2.44. The number of anilines is 1. The van der Waals surface area contributed by atoms with Gasteiger partial charge in [-0.1, -0.05) is 12.1 Å². The molecule has 0 saturated carbocycles. The highest BCUT2D eigenvalue weighted by molar-refractivity contribution is 5.91. The standard InChI is InChI=1S/C18H26N7O3/c1-12(19)15-9-16-17(18(26)22(3)27-4)23(11-28-21-2)10-24(16)13-7-5-6-8-14(13)25(15)20/h5-8,10,21H,9,11,19-20H2,1-4H3/q+1/b15-12-. The lowest BCUT2D eigenvalue weighted by atomic mass is 10.1. The number of carbonyl (C=O) groups is 1. The maximum absolute atomic E-state index is 13.1. The molecular weight excluding hydrogens is 362 g/mol. The smallest absolute Gasteiger partial charge is 0.321 e. The van der Waals surface area contributed by atoms with E-state index in [1.807, 2.05) is 35.2 Å². The van der Waals surface area contributed by atoms with Crippen molar-refractivity contribution in [1.82, 2.24) is 15.1 Å². The Morgan fingerprint density at radius 3 is 2.64 bits per heavy atom. The van der Waals surface area contributed by atoms with Crippen LogP contribution in [0.2, 0.25) is 0 Å². The molecule has 0 aliphatic carbocycles. The number of aromatic nitrogens is 2. The molecule has 1 aliphatic heterocycles. The van der Waals surface area contributed by atoms with E-state index in [9.17, 15) is 4.79 Å². The molecule has 0 unspecified atom stereocenters. The third-order valence-electron chi connectivity index (χ3n) is 4.70. The lowest BCUT2D eigenvalue weighted by Gasteiger charge is -2.21. The second-order valence-electron chi connectivity index (χ2n) is 6.38. The van der Waals surface area contributed by atoms with E-state index in [4.69, 9.17) is 21.3 Å². The Morgan fingerprint density at radius 1 is 1.36 bits per heavy atom. The summed E-state index contributed by atoms with van der Waals surface area (Å²) in [6, 6.07) is 7.66. The minimum absolute atomic E-state index is 0.129. The van der Waals surface area contributed by atoms with E-state index in [2.05, 4.69) is 5.48 Å². The van der Waals surface area contributed by atoms with Crippen LogP contribution in [0.3, 0.4) is 0 Å². The summed E-state index contributed by atoms with van der Waals surface area (Å²) in [5.41, 5.74) is 12.8. The minimum atomic E-state index is -0.312. The van der Waals surface area contributed by atoms with Crippen LogP contribution in [0.25, 0.3) is 5.69 Å². The van der Waals surface area contributed by atoms with Gasteiger partial charge in [0.1, 0.15) is 5.69 Å². The molecule has 28 heavy (non-hydrogen) atoms. The summed E-state index contributed by atoms with van der Waals surface area (Å²) >= 11 is 0. The normalized spacial score (nSPS) is 15.0. The average Bonchev–Trinajstić information content (AvgIpc) is 3.00. The monoisotopic (exact) mass is 388 g/mol. The van der Waals surface area contributed by atoms with Crippen LogP contribution in [-0.2, 0) is 22.8 Å². The van der Waals surface area contributed by atoms with Crippen molar-refractivity contribution < 1.29 is 19.0 Å². The van der Waals surface area contributed by atoms with Gasteiger partial charge in [0, 0.05) is 19.8 Å². The number of hydroxylamine groups is 3. The Balaban J connectivity index is 2.30. The second kappa shape index (κ2) is 7.98. The molecular formula is C18H26N7O3+. The summed E-state index contributed by atoms with van der Waals surface area (Å²) in [6.45, 7) is 1.92. The fourth-order valence-corrected chi connectivity index (χ4v) is 3.22. The summed E-state index contributed by atoms with van der Waals surface area (Å²) in [7, 11) is 4.65. The predicted octanol–water partition coefficient (Wildman–Crippen LogP) is -0.0669. The first-order chi connectivity index (χ1) is 13.4. The van der Waals surface area contributed by atoms with Crippen molar-refractivity contribution in [2.24, 2.45) is 11.6 Å². The number of rotatable bonds is 5. The number of hydrogen-bond acceptors (Lipinski definition) is 7. The Morgan fingerprint density at radius 2 is 2.04 bits per heavy atom. The van der Waals surface area contributed by atoms with Crippen molar-refractivity contribution in [2.75, 3.05) is 26.2 Å². The van der Waals surface area contributed by atoms with Crippen LogP contribution in [0.15, 0.2) is 42.0 Å². The molecule has 0 radical (unpaired) electrons. The predicted molar refractivity (Wildman–Crippen MR) is 102 cm³/mol. The van der Waals surface area contributed by atoms with Crippen molar-refractivity contribution in [3.63, 3.8) is 0 Å². The van der Waals surface area contributed by atoms with E-state index >= 15 is 0 Å². The van der Waals surface area contributed by atoms with Crippen molar-refractivity contribution in [3.05, 3.63) is 53.4 Å². The van der Waals surface area contributed by atoms with E-state index in [1.165, 1.54) is 12.2 Å². The van der Waals surface area contributed by atoms with Crippen LogP contribution < -0.4 is 26.6 Å². The highest BCUT2D eigenvalue weighted by Gasteiger charge is 2.37. The Labute approximate surface area is 163 Å². The first-order valence-corrected chi connectivity index (χ1v) is 8.74. The second-order valence-corrected chi connectivity index (χ2v) is 6.38. The third kappa shape index (κ3) is 3.34. The quantitative estimate of drug-likeness (QED) is 0.373. The van der Waals surface area contributed by atoms with Crippen LogP contribution in [0.1, 0.15) is 23.1 Å². The van der Waals surface area contributed by atoms with Gasteiger partial charge in [-0.25, -0.2) is 16.4 Å². The number of imidazole rings is 1. The molecule has 1 aromatic heterocycles. The van der Waals surface area contributed by atoms with Crippen LogP contribution in [0.5, 0.6) is 0 Å². The van der Waals surface area contributed by atoms with Crippen LogP contribution >= 0.6 is 0 Å². The number of benzene rings is 1. The molecule has 2 aromatic rings. The molecule has 1 aromatic carbocycles. The molecule has 0 saturated heterocycles. The van der Waals surface area contributed by atoms with Gasteiger partial charge in [-0.05, 0) is 19.1 Å². The van der Waals surface area contributed by atoms with Gasteiger partial charge in [-0.15, -0.1) is 0 Å². The molecule has 0 fully saturated rings. The van der Waals surface area contributed by atoms with E-state index in [1.54, 1.807) is 30.6 Å². The molecule has 1 amide bonds. The maximum Gasteiger partial charge on any atom is 0.321 e. The van der Waals surface area contributed by atoms with Crippen LogP contribution in [0, 0.1) is 0 Å². The summed E-state index contributed by atoms with van der Waals surface area (Å²) < 4.78 is 3.65. The summed E-state index contributed by atoms with van der Waals surface area (Å²) in [4.78, 5) is 23.5. The van der Waals surface area contributed by atoms with Crippen LogP contribution in [-0.4, -0.2) is 36.7 Å². The largest absolute Gasteiger partial charge is 0.401 e. The number of nitrogens with one attached hydrogen (secondary N) is 1. The first-order valence-electron chi connectivity index (χ1n) is 8.74. The lowest BCUT2D eigenvalue weighted by molar-refractivity contribution is -0.737. The summed E-state index contributed by atoms with van der Waals surface area (Å²) in [5.74, 6) is 6.07. The molecule has 0 spiro atoms. The molecule has 150 valence electrons. The first kappa shape index (κ1) is 19.8. The zero-order valence-corrected chi connectivity index (χ0v) is 16.5. The number of hydrogen-bond donors (Lipinski definition) is 3. The topological polar surface area (TPSA) is 115 Å². The van der Waals surface area contributed by atoms with Gasteiger partial charge < -0.3 is 5.73 Å². The number of carbonyl (C=O) groups excluding carboxylic acids is 1. The van der Waals surface area contributed by atoms with E-state index in [0.29, 0.717) is 23.5 Å². The average molecular weight is 388 g/mol. The van der Waals surface area contributed by atoms with Crippen molar-refractivity contribution in [1.29, 1.82) is 0 Å². The third-order valence-corrected chi connectivity index (χ3v) is 4.70. The maximum atomic E-state index is 13.1. The van der Waals surface area contributed by atoms with Crippen molar-refractivity contribution in [3.8, 4) is 5.69 Å². The number of allylic oxidation sites excluding steroid dienone is 2. The van der Waals surface area contributed by atoms with Gasteiger partial charge >= 0.3 is 5.91 Å². The van der Waals surface area contributed by atoms with E-state index < -0.39 is 0 Å². The zero-order chi connectivity index (χ0) is 20.4. The highest BCUT2D eigenvalue weighted by Crippen LogP contribution is 2.33. The SMILES string of the molecule is CNOC[n+]1cn2c(c1C(=O)N(C)OC)C/C(=C(\C)N)N(N)c1ccccc1-2. The van der Waals surface area contributed by atoms with Gasteiger partial charge in [-0.2, -0.15) is 9.13 Å². The Bertz CT molecular complexity index is 918. The zero-order valence-electron chi connectivity index (χ0n) is 16.5. The molecule has 10 nitrogen and oxygen atoms in total. The van der Waals surface area contributed by atoms with E-state index in [-0.39, 0.29) is 12.6 Å². The van der Waals surface area contributed by atoms with Crippen molar-refractivity contribution in [2.45, 2.75) is 20.1 Å². The molecule has 5 N–H and O–H groups in total. The highest BCUT2D eigenvalue weighted by atomic mass is 16.7. The molecule has 3 rings (SSSR count). The van der Waals surface area contributed by atoms with Crippen molar-refractivity contribution >= 4 is 11.6 Å². The molecule has 1 aliphatic rings. The van der Waals surface area contributed by atoms with Gasteiger partial charge in [0.05, 0.1) is 19.2 Å². The molecule has 0 bridgehead atoms. The number of nitrogens with zero attached hydrogens (tertiary/aromatic N) is 4. The Kier molecular flexibility index (Phi) is 5.66. The van der Waals surface area contributed by atoms with E-state index in [0.717, 1.165) is 17.1 Å². The summed E-state index contributed by atoms with van der Waals surface area (Å²) in [5, 5.41) is 2.74. The molecule has 0 atom stereocenters.